The van der Waals surface area contributed by atoms with Crippen LogP contribution in [0.2, 0.25) is 5.15 Å². The highest BCUT2D eigenvalue weighted by molar-refractivity contribution is 6.29. The Kier molecular flexibility index (Phi) is 4.51. The highest BCUT2D eigenvalue weighted by atomic mass is 35.5. The standard InChI is InChI=1S/C7H7ClN2O2.ClH/c1-12-7(11)6-4(9)2-3-5(8)10-6;/h2-3H,9H2,1H3;1H. The molecule has 0 bridgehead atoms. The highest BCUT2D eigenvalue weighted by Gasteiger charge is 2.11. The summed E-state index contributed by atoms with van der Waals surface area (Å²) in [6.07, 6.45) is 0. The van der Waals surface area contributed by atoms with Gasteiger partial charge in [0, 0.05) is 0 Å². The topological polar surface area (TPSA) is 65.2 Å². The summed E-state index contributed by atoms with van der Waals surface area (Å²) >= 11 is 5.54. The van der Waals surface area contributed by atoms with Crippen LogP contribution in [0.1, 0.15) is 10.5 Å². The number of aromatic nitrogens is 1. The molecule has 0 aliphatic carbocycles. The first kappa shape index (κ1) is 12.0. The van der Waals surface area contributed by atoms with Gasteiger partial charge in [-0.3, -0.25) is 0 Å². The van der Waals surface area contributed by atoms with E-state index in [9.17, 15) is 4.79 Å². The number of hydrogen-bond donors (Lipinski definition) is 1. The van der Waals surface area contributed by atoms with Crippen molar-refractivity contribution in [1.82, 2.24) is 4.98 Å². The van der Waals surface area contributed by atoms with Crippen molar-refractivity contribution in [3.63, 3.8) is 0 Å². The lowest BCUT2D eigenvalue weighted by molar-refractivity contribution is 0.0595. The molecule has 0 fully saturated rings. The summed E-state index contributed by atoms with van der Waals surface area (Å²) in [6, 6.07) is 3.00. The summed E-state index contributed by atoms with van der Waals surface area (Å²) in [5.74, 6) is -0.588. The number of methoxy groups -OCH3 is 1. The van der Waals surface area contributed by atoms with Gasteiger partial charge >= 0.3 is 5.97 Å². The van der Waals surface area contributed by atoms with E-state index in [4.69, 9.17) is 17.3 Å². The minimum atomic E-state index is -0.588. The van der Waals surface area contributed by atoms with Crippen LogP contribution in [0.15, 0.2) is 12.1 Å². The molecule has 4 nitrogen and oxygen atoms in total. The van der Waals surface area contributed by atoms with Crippen LogP contribution < -0.4 is 5.73 Å². The van der Waals surface area contributed by atoms with E-state index in [1.165, 1.54) is 19.2 Å². The van der Waals surface area contributed by atoms with E-state index in [1.54, 1.807) is 0 Å². The number of nitrogen functional groups attached to an aromatic ring is 1. The van der Waals surface area contributed by atoms with Gasteiger partial charge in [0.05, 0.1) is 12.8 Å². The number of pyridine rings is 1. The molecule has 0 aliphatic heterocycles. The lowest BCUT2D eigenvalue weighted by Crippen LogP contribution is -2.08. The second-order valence-corrected chi connectivity index (χ2v) is 2.45. The van der Waals surface area contributed by atoms with Crippen LogP contribution >= 0.6 is 24.0 Å². The van der Waals surface area contributed by atoms with E-state index in [2.05, 4.69) is 9.72 Å². The molecule has 0 saturated carbocycles. The van der Waals surface area contributed by atoms with Crippen LogP contribution in [0.4, 0.5) is 5.69 Å². The van der Waals surface area contributed by atoms with Crippen molar-refractivity contribution in [1.29, 1.82) is 0 Å². The third-order valence-electron chi connectivity index (χ3n) is 1.27. The first-order valence-electron chi connectivity index (χ1n) is 3.15. The van der Waals surface area contributed by atoms with Gasteiger partial charge in [0.2, 0.25) is 0 Å². The summed E-state index contributed by atoms with van der Waals surface area (Å²) in [4.78, 5) is 14.7. The number of esters is 1. The normalized spacial score (nSPS) is 8.77. The van der Waals surface area contributed by atoms with Crippen LogP contribution in [-0.2, 0) is 4.74 Å². The third-order valence-corrected chi connectivity index (χ3v) is 1.48. The van der Waals surface area contributed by atoms with Gasteiger partial charge in [0.25, 0.3) is 0 Å². The van der Waals surface area contributed by atoms with Crippen molar-refractivity contribution in [2.45, 2.75) is 0 Å². The fourth-order valence-electron chi connectivity index (χ4n) is 0.706. The Labute approximate surface area is 86.5 Å². The molecule has 0 aromatic carbocycles. The molecule has 0 saturated heterocycles. The summed E-state index contributed by atoms with van der Waals surface area (Å²) in [5.41, 5.74) is 5.75. The second-order valence-electron chi connectivity index (χ2n) is 2.06. The van der Waals surface area contributed by atoms with Crippen molar-refractivity contribution in [3.8, 4) is 0 Å². The van der Waals surface area contributed by atoms with Crippen LogP contribution in [-0.4, -0.2) is 18.1 Å². The summed E-state index contributed by atoms with van der Waals surface area (Å²) in [6.45, 7) is 0. The van der Waals surface area contributed by atoms with Gasteiger partial charge in [-0.25, -0.2) is 9.78 Å². The van der Waals surface area contributed by atoms with E-state index < -0.39 is 5.97 Å². The lowest BCUT2D eigenvalue weighted by Gasteiger charge is -2.01. The molecule has 0 atom stereocenters. The maximum absolute atomic E-state index is 11.0. The van der Waals surface area contributed by atoms with Crippen LogP contribution in [0.5, 0.6) is 0 Å². The predicted octanol–water partition coefficient (Wildman–Crippen LogP) is 1.53. The number of ether oxygens (including phenoxy) is 1. The van der Waals surface area contributed by atoms with E-state index in [-0.39, 0.29) is 28.9 Å². The second kappa shape index (κ2) is 4.89. The molecule has 0 aliphatic rings. The van der Waals surface area contributed by atoms with Gasteiger partial charge in [0.1, 0.15) is 5.15 Å². The van der Waals surface area contributed by atoms with Crippen molar-refractivity contribution in [2.24, 2.45) is 0 Å². The molecule has 2 N–H and O–H groups in total. The smallest absolute Gasteiger partial charge is 0.358 e. The zero-order chi connectivity index (χ0) is 9.14. The molecule has 0 spiro atoms. The van der Waals surface area contributed by atoms with Gasteiger partial charge in [-0.15, -0.1) is 12.4 Å². The Bertz CT molecular complexity index is 317. The molecule has 1 heterocycles. The molecule has 0 unspecified atom stereocenters. The number of carbonyl (C=O) groups excluding carboxylic acids is 1. The number of hydrogen-bond acceptors (Lipinski definition) is 4. The minimum absolute atomic E-state index is 0. The molecule has 1 rings (SSSR count). The first-order valence-corrected chi connectivity index (χ1v) is 3.53. The number of nitrogens with zero attached hydrogens (tertiary/aromatic N) is 1. The molecule has 0 amide bonds. The monoisotopic (exact) mass is 222 g/mol. The summed E-state index contributed by atoms with van der Waals surface area (Å²) in [7, 11) is 1.25. The number of carbonyl (C=O) groups is 1. The van der Waals surface area contributed by atoms with E-state index in [1.807, 2.05) is 0 Å². The number of halogens is 2. The minimum Gasteiger partial charge on any atom is -0.464 e. The van der Waals surface area contributed by atoms with Gasteiger partial charge in [-0.1, -0.05) is 11.6 Å². The number of rotatable bonds is 1. The van der Waals surface area contributed by atoms with Crippen molar-refractivity contribution in [3.05, 3.63) is 23.0 Å². The number of nitrogens with two attached hydrogens (primary N) is 1. The van der Waals surface area contributed by atoms with Crippen LogP contribution in [0.25, 0.3) is 0 Å². The quantitative estimate of drug-likeness (QED) is 0.579. The zero-order valence-electron chi connectivity index (χ0n) is 6.78. The molecule has 0 radical (unpaired) electrons. The van der Waals surface area contributed by atoms with Crippen LogP contribution in [0, 0.1) is 0 Å². The van der Waals surface area contributed by atoms with Crippen LogP contribution in [0.3, 0.4) is 0 Å². The Morgan fingerprint density at radius 1 is 1.62 bits per heavy atom. The van der Waals surface area contributed by atoms with Gasteiger partial charge < -0.3 is 10.5 Å². The summed E-state index contributed by atoms with van der Waals surface area (Å²) < 4.78 is 4.43. The zero-order valence-corrected chi connectivity index (χ0v) is 8.35. The Morgan fingerprint density at radius 2 is 2.23 bits per heavy atom. The molecule has 1 aromatic rings. The van der Waals surface area contributed by atoms with Gasteiger partial charge in [0.15, 0.2) is 5.69 Å². The molecule has 6 heteroatoms. The highest BCUT2D eigenvalue weighted by Crippen LogP contribution is 2.13. The van der Waals surface area contributed by atoms with Crippen molar-refractivity contribution in [2.75, 3.05) is 12.8 Å². The third kappa shape index (κ3) is 2.75. The Morgan fingerprint density at radius 3 is 2.77 bits per heavy atom. The van der Waals surface area contributed by atoms with Gasteiger partial charge in [-0.2, -0.15) is 0 Å². The average Bonchev–Trinajstić information content (AvgIpc) is 2.08. The van der Waals surface area contributed by atoms with E-state index in [0.717, 1.165) is 0 Å². The predicted molar refractivity (Wildman–Crippen MR) is 52.2 cm³/mol. The molecule has 72 valence electrons. The SMILES string of the molecule is COC(=O)c1nc(Cl)ccc1N.Cl. The van der Waals surface area contributed by atoms with Crippen molar-refractivity contribution >= 4 is 35.7 Å². The van der Waals surface area contributed by atoms with Gasteiger partial charge in [-0.05, 0) is 12.1 Å². The maximum atomic E-state index is 11.0. The lowest BCUT2D eigenvalue weighted by atomic mass is 10.3. The largest absolute Gasteiger partial charge is 0.464 e. The summed E-state index contributed by atoms with van der Waals surface area (Å²) in [5, 5.41) is 0.213. The maximum Gasteiger partial charge on any atom is 0.358 e. The molecular formula is C7H8Cl2N2O2. The fourth-order valence-corrected chi connectivity index (χ4v) is 0.854. The first-order chi connectivity index (χ1) is 5.65. The van der Waals surface area contributed by atoms with Crippen molar-refractivity contribution < 1.29 is 9.53 Å². The average molecular weight is 223 g/mol. The Balaban J connectivity index is 0.00000144. The fraction of sp³-hybridized carbons (Fsp3) is 0.143. The molecular weight excluding hydrogens is 215 g/mol. The Hall–Kier alpha value is -1.00. The van der Waals surface area contributed by atoms with E-state index in [0.29, 0.717) is 0 Å². The number of anilines is 1. The molecule has 1 aromatic heterocycles. The molecule has 13 heavy (non-hydrogen) atoms. The van der Waals surface area contributed by atoms with E-state index >= 15 is 0 Å².